The van der Waals surface area contributed by atoms with Crippen LogP contribution in [-0.2, 0) is 25.7 Å². The Morgan fingerprint density at radius 3 is 1.16 bits per heavy atom. The van der Waals surface area contributed by atoms with Crippen LogP contribution in [0.2, 0.25) is 0 Å². The zero-order valence-electron chi connectivity index (χ0n) is 13.8. The fourth-order valence-electron chi connectivity index (χ4n) is 2.92. The molecule has 4 N–H and O–H groups in total. The van der Waals surface area contributed by atoms with Gasteiger partial charge in [-0.05, 0) is 47.9 Å². The smallest absolute Gasteiger partial charge is 0.0276 e. The summed E-state index contributed by atoms with van der Waals surface area (Å²) in [7, 11) is 0. The minimum absolute atomic E-state index is 0. The van der Waals surface area contributed by atoms with Crippen molar-refractivity contribution in [1.29, 1.82) is 0 Å². The number of hydrogen-bond acceptors (Lipinski definition) is 0. The van der Waals surface area contributed by atoms with Crippen molar-refractivity contribution in [3.63, 3.8) is 0 Å². The fourth-order valence-corrected chi connectivity index (χ4v) is 2.92. The molecule has 0 aliphatic heterocycles. The predicted octanol–water partition coefficient (Wildman–Crippen LogP) is 5.87. The van der Waals surface area contributed by atoms with E-state index in [1.54, 1.807) is 22.3 Å². The zero-order chi connectivity index (χ0) is 13.4. The molecule has 0 radical (unpaired) electrons. The van der Waals surface area contributed by atoms with Crippen molar-refractivity contribution < 1.29 is 0 Å². The highest BCUT2D eigenvalue weighted by molar-refractivity contribution is 5.42. The quantitative estimate of drug-likeness (QED) is 0.609. The largest absolute Gasteiger partial charge is 0.369 e. The van der Waals surface area contributed by atoms with Gasteiger partial charge in [0.25, 0.3) is 0 Å². The van der Waals surface area contributed by atoms with Gasteiger partial charge in [0.05, 0.1) is 0 Å². The van der Waals surface area contributed by atoms with E-state index in [4.69, 9.17) is 0 Å². The average molecular weight is 264 g/mol. The third-order valence-corrected chi connectivity index (χ3v) is 3.66. The van der Waals surface area contributed by atoms with Crippen LogP contribution in [0.4, 0.5) is 0 Å². The normalized spacial score (nSPS) is 10.3. The van der Waals surface area contributed by atoms with E-state index in [1.165, 1.54) is 51.4 Å². The van der Waals surface area contributed by atoms with E-state index in [0.29, 0.717) is 0 Å². The van der Waals surface area contributed by atoms with Crippen LogP contribution in [0.25, 0.3) is 0 Å². The standard InChI is InChI=1S/C18H30.H3N/c1-5-9-15-13-14-16(10-6-2)18(12-8-4)17(15)11-7-3;/h13-14H,5-12H2,1-4H3;1H3/p+1. The molecule has 0 spiro atoms. The van der Waals surface area contributed by atoms with E-state index in [2.05, 4.69) is 39.8 Å². The summed E-state index contributed by atoms with van der Waals surface area (Å²) in [5.74, 6) is 0. The number of quaternary nitrogens is 1. The summed E-state index contributed by atoms with van der Waals surface area (Å²) in [6, 6.07) is 4.80. The van der Waals surface area contributed by atoms with Gasteiger partial charge in [0.2, 0.25) is 0 Å². The van der Waals surface area contributed by atoms with Gasteiger partial charge in [0.15, 0.2) is 0 Å². The van der Waals surface area contributed by atoms with Crippen LogP contribution in [0.15, 0.2) is 12.1 Å². The molecule has 0 saturated carbocycles. The van der Waals surface area contributed by atoms with Gasteiger partial charge in [-0.3, -0.25) is 0 Å². The minimum atomic E-state index is 0. The van der Waals surface area contributed by atoms with E-state index in [-0.39, 0.29) is 6.15 Å². The summed E-state index contributed by atoms with van der Waals surface area (Å²) in [5.41, 5.74) is 6.60. The van der Waals surface area contributed by atoms with Crippen LogP contribution in [0, 0.1) is 0 Å². The van der Waals surface area contributed by atoms with Crippen molar-refractivity contribution in [1.82, 2.24) is 6.15 Å². The van der Waals surface area contributed by atoms with Gasteiger partial charge in [-0.15, -0.1) is 0 Å². The number of aryl methyl sites for hydroxylation is 2. The maximum absolute atomic E-state index is 2.40. The first-order valence-corrected chi connectivity index (χ1v) is 7.90. The summed E-state index contributed by atoms with van der Waals surface area (Å²) < 4.78 is 0. The third kappa shape index (κ3) is 4.99. The summed E-state index contributed by atoms with van der Waals surface area (Å²) in [5, 5.41) is 0. The van der Waals surface area contributed by atoms with Crippen molar-refractivity contribution in [3.05, 3.63) is 34.4 Å². The Balaban J connectivity index is 0.00000324. The van der Waals surface area contributed by atoms with Crippen LogP contribution < -0.4 is 6.15 Å². The molecule has 0 fully saturated rings. The number of hydrogen-bond donors (Lipinski definition) is 1. The molecule has 1 aromatic rings. The molecule has 0 aliphatic carbocycles. The molecule has 1 rings (SSSR count). The molecule has 0 aromatic heterocycles. The van der Waals surface area contributed by atoms with Gasteiger partial charge in [-0.2, -0.15) is 0 Å². The Bertz CT molecular complexity index is 320. The van der Waals surface area contributed by atoms with Gasteiger partial charge in [-0.25, -0.2) is 0 Å². The SMILES string of the molecule is CCCc1ccc(CCC)c(CCC)c1CCC.[NH4+]. The lowest BCUT2D eigenvalue weighted by atomic mass is 9.87. The zero-order valence-corrected chi connectivity index (χ0v) is 13.8. The average Bonchev–Trinajstić information content (AvgIpc) is 2.37. The summed E-state index contributed by atoms with van der Waals surface area (Å²) >= 11 is 0. The maximum Gasteiger partial charge on any atom is -0.0276 e. The second-order valence-electron chi connectivity index (χ2n) is 5.34. The molecule has 0 heterocycles. The van der Waals surface area contributed by atoms with Crippen LogP contribution in [0.5, 0.6) is 0 Å². The lowest BCUT2D eigenvalue weighted by Gasteiger charge is -2.18. The van der Waals surface area contributed by atoms with Crippen molar-refractivity contribution in [2.75, 3.05) is 0 Å². The third-order valence-electron chi connectivity index (χ3n) is 3.66. The highest BCUT2D eigenvalue weighted by Gasteiger charge is 2.11. The number of rotatable bonds is 8. The lowest BCUT2D eigenvalue weighted by molar-refractivity contribution is 0.801. The number of benzene rings is 1. The Morgan fingerprint density at radius 2 is 0.895 bits per heavy atom. The highest BCUT2D eigenvalue weighted by Crippen LogP contribution is 2.25. The van der Waals surface area contributed by atoms with E-state index >= 15 is 0 Å². The predicted molar refractivity (Wildman–Crippen MR) is 88.4 cm³/mol. The Labute approximate surface area is 120 Å². The molecule has 0 atom stereocenters. The molecule has 110 valence electrons. The van der Waals surface area contributed by atoms with Crippen LogP contribution >= 0.6 is 0 Å². The highest BCUT2D eigenvalue weighted by atomic mass is 14.2. The van der Waals surface area contributed by atoms with Crippen LogP contribution in [0.1, 0.15) is 75.6 Å². The van der Waals surface area contributed by atoms with Crippen molar-refractivity contribution in [2.45, 2.75) is 79.1 Å². The first-order chi connectivity index (χ1) is 8.78. The van der Waals surface area contributed by atoms with Gasteiger partial charge >= 0.3 is 0 Å². The fraction of sp³-hybridized carbons (Fsp3) is 0.667. The molecular weight excluding hydrogens is 230 g/mol. The van der Waals surface area contributed by atoms with E-state index in [9.17, 15) is 0 Å². The first kappa shape index (κ1) is 18.2. The van der Waals surface area contributed by atoms with Crippen molar-refractivity contribution >= 4 is 0 Å². The Kier molecular flexibility index (Phi) is 9.59. The lowest BCUT2D eigenvalue weighted by Crippen LogP contribution is -2.05. The van der Waals surface area contributed by atoms with Crippen LogP contribution in [0.3, 0.4) is 0 Å². The van der Waals surface area contributed by atoms with Gasteiger partial charge in [0, 0.05) is 0 Å². The molecule has 0 aliphatic rings. The van der Waals surface area contributed by atoms with Gasteiger partial charge in [-0.1, -0.05) is 65.5 Å². The van der Waals surface area contributed by atoms with Gasteiger partial charge < -0.3 is 6.15 Å². The van der Waals surface area contributed by atoms with Crippen molar-refractivity contribution in [2.24, 2.45) is 0 Å². The molecule has 0 amide bonds. The Morgan fingerprint density at radius 1 is 0.579 bits per heavy atom. The van der Waals surface area contributed by atoms with Crippen molar-refractivity contribution in [3.8, 4) is 0 Å². The van der Waals surface area contributed by atoms with Crippen LogP contribution in [-0.4, -0.2) is 0 Å². The molecule has 1 nitrogen and oxygen atoms in total. The molecular formula is C18H34N+. The molecule has 1 heteroatoms. The molecule has 0 unspecified atom stereocenters. The second-order valence-corrected chi connectivity index (χ2v) is 5.34. The second kappa shape index (κ2) is 10.0. The van der Waals surface area contributed by atoms with E-state index in [1.807, 2.05) is 0 Å². The Hall–Kier alpha value is -0.820. The summed E-state index contributed by atoms with van der Waals surface area (Å²) in [4.78, 5) is 0. The maximum atomic E-state index is 2.40. The molecule has 0 saturated heterocycles. The molecule has 1 aromatic carbocycles. The molecule has 0 bridgehead atoms. The monoisotopic (exact) mass is 264 g/mol. The van der Waals surface area contributed by atoms with Gasteiger partial charge in [0.1, 0.15) is 0 Å². The molecule has 19 heavy (non-hydrogen) atoms. The van der Waals surface area contributed by atoms with E-state index < -0.39 is 0 Å². The topological polar surface area (TPSA) is 36.5 Å². The summed E-state index contributed by atoms with van der Waals surface area (Å²) in [6.45, 7) is 9.18. The first-order valence-electron chi connectivity index (χ1n) is 7.90. The summed E-state index contributed by atoms with van der Waals surface area (Å²) in [6.07, 6.45) is 10.1. The van der Waals surface area contributed by atoms with E-state index in [0.717, 1.165) is 0 Å². The minimum Gasteiger partial charge on any atom is -0.369 e.